The quantitative estimate of drug-likeness (QED) is 0.905. The molecule has 1 saturated heterocycles. The summed E-state index contributed by atoms with van der Waals surface area (Å²) in [7, 11) is 1.49. The molecule has 1 aromatic carbocycles. The molecule has 21 heavy (non-hydrogen) atoms. The number of ether oxygens (including phenoxy) is 2. The number of halogens is 3. The van der Waals surface area contributed by atoms with E-state index in [9.17, 15) is 8.78 Å². The first kappa shape index (κ1) is 17.9. The van der Waals surface area contributed by atoms with Gasteiger partial charge in [-0.1, -0.05) is 13.0 Å². The van der Waals surface area contributed by atoms with E-state index in [0.29, 0.717) is 23.8 Å². The second-order valence-corrected chi connectivity index (χ2v) is 5.19. The van der Waals surface area contributed by atoms with Gasteiger partial charge in [-0.15, -0.1) is 12.4 Å². The summed E-state index contributed by atoms with van der Waals surface area (Å²) < 4.78 is 34.6. The highest BCUT2D eigenvalue weighted by molar-refractivity contribution is 5.85. The van der Waals surface area contributed by atoms with Crippen molar-refractivity contribution in [3.63, 3.8) is 0 Å². The summed E-state index contributed by atoms with van der Waals surface area (Å²) in [5.74, 6) is 1.07. The van der Waals surface area contributed by atoms with Crippen LogP contribution >= 0.6 is 12.4 Å². The Morgan fingerprint density at radius 1 is 1.38 bits per heavy atom. The highest BCUT2D eigenvalue weighted by Crippen LogP contribution is 2.28. The molecular weight excluding hydrogens is 302 g/mol. The zero-order chi connectivity index (χ0) is 14.7. The van der Waals surface area contributed by atoms with E-state index in [2.05, 4.69) is 16.6 Å². The van der Waals surface area contributed by atoms with Crippen molar-refractivity contribution >= 4 is 12.4 Å². The normalized spacial score (nSPS) is 22.2. The first-order chi connectivity index (χ1) is 9.49. The molecule has 120 valence electrons. The Hall–Kier alpha value is -1.11. The lowest BCUT2D eigenvalue weighted by molar-refractivity contribution is -0.0508. The van der Waals surface area contributed by atoms with Crippen LogP contribution < -0.4 is 15.2 Å². The van der Waals surface area contributed by atoms with Crippen molar-refractivity contribution in [1.29, 1.82) is 0 Å². The van der Waals surface area contributed by atoms with Crippen LogP contribution in [-0.4, -0.2) is 37.8 Å². The molecule has 2 rings (SSSR count). The highest BCUT2D eigenvalue weighted by Gasteiger charge is 2.27. The van der Waals surface area contributed by atoms with E-state index in [1.807, 2.05) is 0 Å². The fourth-order valence-corrected chi connectivity index (χ4v) is 2.46. The molecule has 1 heterocycles. The maximum atomic E-state index is 12.5. The van der Waals surface area contributed by atoms with E-state index in [-0.39, 0.29) is 24.2 Å². The van der Waals surface area contributed by atoms with Crippen molar-refractivity contribution < 1.29 is 18.3 Å². The third-order valence-electron chi connectivity index (χ3n) is 3.63. The lowest BCUT2D eigenvalue weighted by Crippen LogP contribution is -2.28. The van der Waals surface area contributed by atoms with Gasteiger partial charge in [-0.25, -0.2) is 0 Å². The molecular formula is C14H21ClF2N2O2. The van der Waals surface area contributed by atoms with Crippen LogP contribution in [0.2, 0.25) is 0 Å². The molecule has 2 atom stereocenters. The monoisotopic (exact) mass is 322 g/mol. The van der Waals surface area contributed by atoms with Crippen molar-refractivity contribution in [3.8, 4) is 11.5 Å². The van der Waals surface area contributed by atoms with Gasteiger partial charge in [0.05, 0.1) is 7.11 Å². The highest BCUT2D eigenvalue weighted by atomic mass is 35.5. The predicted octanol–water partition coefficient (Wildman–Crippen LogP) is 2.50. The zero-order valence-electron chi connectivity index (χ0n) is 12.1. The van der Waals surface area contributed by atoms with Gasteiger partial charge in [-0.05, 0) is 12.0 Å². The molecule has 2 unspecified atom stereocenters. The van der Waals surface area contributed by atoms with E-state index >= 15 is 0 Å². The van der Waals surface area contributed by atoms with Crippen LogP contribution in [0.15, 0.2) is 18.2 Å². The molecule has 7 heteroatoms. The lowest BCUT2D eigenvalue weighted by atomic mass is 10.1. The molecule has 0 radical (unpaired) electrons. The first-order valence-electron chi connectivity index (χ1n) is 6.59. The summed E-state index contributed by atoms with van der Waals surface area (Å²) in [6.45, 7) is 1.42. The Morgan fingerprint density at radius 2 is 2.10 bits per heavy atom. The Morgan fingerprint density at radius 3 is 2.62 bits per heavy atom. The van der Waals surface area contributed by atoms with E-state index in [4.69, 9.17) is 10.5 Å². The average molecular weight is 323 g/mol. The van der Waals surface area contributed by atoms with Gasteiger partial charge >= 0.3 is 6.61 Å². The molecule has 2 N–H and O–H groups in total. The average Bonchev–Trinajstić information content (AvgIpc) is 2.70. The third kappa shape index (κ3) is 4.69. The fourth-order valence-electron chi connectivity index (χ4n) is 2.46. The van der Waals surface area contributed by atoms with Crippen molar-refractivity contribution in [2.24, 2.45) is 11.7 Å². The largest absolute Gasteiger partial charge is 0.497 e. The molecule has 1 aliphatic heterocycles. The number of benzene rings is 1. The van der Waals surface area contributed by atoms with Gasteiger partial charge in [0.2, 0.25) is 0 Å². The van der Waals surface area contributed by atoms with E-state index in [1.165, 1.54) is 13.2 Å². The van der Waals surface area contributed by atoms with Crippen LogP contribution in [-0.2, 0) is 6.54 Å². The number of nitrogens with two attached hydrogens (primary N) is 1. The number of methoxy groups -OCH3 is 1. The minimum Gasteiger partial charge on any atom is -0.497 e. The summed E-state index contributed by atoms with van der Waals surface area (Å²) in [5, 5.41) is 0. The Bertz CT molecular complexity index is 453. The van der Waals surface area contributed by atoms with Gasteiger partial charge in [0.1, 0.15) is 11.5 Å². The summed E-state index contributed by atoms with van der Waals surface area (Å²) in [6, 6.07) is 5.12. The Balaban J connectivity index is 0.00000220. The molecule has 0 amide bonds. The van der Waals surface area contributed by atoms with Crippen LogP contribution in [0, 0.1) is 5.92 Å². The predicted molar refractivity (Wildman–Crippen MR) is 79.3 cm³/mol. The summed E-state index contributed by atoms with van der Waals surface area (Å²) in [6.07, 6.45) is 0. The third-order valence-corrected chi connectivity index (χ3v) is 3.63. The van der Waals surface area contributed by atoms with Gasteiger partial charge in [0.15, 0.2) is 0 Å². The van der Waals surface area contributed by atoms with Crippen LogP contribution in [0.3, 0.4) is 0 Å². The van der Waals surface area contributed by atoms with Gasteiger partial charge < -0.3 is 15.2 Å². The van der Waals surface area contributed by atoms with Crippen LogP contribution in [0.5, 0.6) is 11.5 Å². The second-order valence-electron chi connectivity index (χ2n) is 5.19. The van der Waals surface area contributed by atoms with Gasteiger partial charge in [0.25, 0.3) is 0 Å². The van der Waals surface area contributed by atoms with Gasteiger partial charge in [-0.2, -0.15) is 8.78 Å². The maximum Gasteiger partial charge on any atom is 0.387 e. The topological polar surface area (TPSA) is 47.7 Å². The number of nitrogens with zero attached hydrogens (tertiary/aromatic N) is 1. The molecule has 1 fully saturated rings. The molecule has 1 aliphatic rings. The minimum absolute atomic E-state index is 0. The lowest BCUT2D eigenvalue weighted by Gasteiger charge is -2.18. The van der Waals surface area contributed by atoms with E-state index in [1.54, 1.807) is 12.1 Å². The molecule has 0 bridgehead atoms. The van der Waals surface area contributed by atoms with Crippen molar-refractivity contribution in [2.45, 2.75) is 26.1 Å². The van der Waals surface area contributed by atoms with Gasteiger partial charge in [0, 0.05) is 37.3 Å². The number of likely N-dealkylation sites (tertiary alicyclic amines) is 1. The Labute approximate surface area is 129 Å². The molecule has 1 aromatic rings. The van der Waals surface area contributed by atoms with E-state index < -0.39 is 6.61 Å². The molecule has 4 nitrogen and oxygen atoms in total. The van der Waals surface area contributed by atoms with Crippen LogP contribution in [0.25, 0.3) is 0 Å². The Kier molecular flexibility index (Phi) is 6.64. The maximum absolute atomic E-state index is 12.5. The molecule has 0 aliphatic carbocycles. The SMILES string of the molecule is COc1ccc(CN2CC(C)C(N)C2)c(OC(F)F)c1.Cl. The number of alkyl halides is 2. The van der Waals surface area contributed by atoms with Crippen LogP contribution in [0.4, 0.5) is 8.78 Å². The van der Waals surface area contributed by atoms with Crippen LogP contribution in [0.1, 0.15) is 12.5 Å². The van der Waals surface area contributed by atoms with Crippen molar-refractivity contribution in [1.82, 2.24) is 4.90 Å². The minimum atomic E-state index is -2.85. The number of rotatable bonds is 5. The van der Waals surface area contributed by atoms with E-state index in [0.717, 1.165) is 13.1 Å². The summed E-state index contributed by atoms with van der Waals surface area (Å²) in [4.78, 5) is 2.15. The van der Waals surface area contributed by atoms with Crippen molar-refractivity contribution in [2.75, 3.05) is 20.2 Å². The molecule has 0 spiro atoms. The standard InChI is InChI=1S/C14H20F2N2O2.ClH/c1-9-6-18(8-12(9)17)7-10-3-4-11(19-2)5-13(10)20-14(15)16;/h3-5,9,12,14H,6-8,17H2,1-2H3;1H. The van der Waals surface area contributed by atoms with Crippen molar-refractivity contribution in [3.05, 3.63) is 23.8 Å². The summed E-state index contributed by atoms with van der Waals surface area (Å²) >= 11 is 0. The molecule has 0 saturated carbocycles. The zero-order valence-corrected chi connectivity index (χ0v) is 12.9. The smallest absolute Gasteiger partial charge is 0.387 e. The number of hydrogen-bond acceptors (Lipinski definition) is 4. The fraction of sp³-hybridized carbons (Fsp3) is 0.571. The number of hydrogen-bond donors (Lipinski definition) is 1. The van der Waals surface area contributed by atoms with Gasteiger partial charge in [-0.3, -0.25) is 4.90 Å². The molecule has 0 aromatic heterocycles. The first-order valence-corrected chi connectivity index (χ1v) is 6.59. The second kappa shape index (κ2) is 7.77. The summed E-state index contributed by atoms with van der Waals surface area (Å²) in [5.41, 5.74) is 6.69.